The van der Waals surface area contributed by atoms with Crippen LogP contribution in [0.15, 0.2) is 24.3 Å². The van der Waals surface area contributed by atoms with Gasteiger partial charge in [0.25, 0.3) is 0 Å². The molecule has 2 saturated heterocycles. The van der Waals surface area contributed by atoms with Crippen molar-refractivity contribution in [1.82, 2.24) is 34.9 Å². The summed E-state index contributed by atoms with van der Waals surface area (Å²) >= 11 is 0. The van der Waals surface area contributed by atoms with Gasteiger partial charge >= 0.3 is 0 Å². The van der Waals surface area contributed by atoms with E-state index in [1.807, 2.05) is 4.90 Å². The van der Waals surface area contributed by atoms with Crippen molar-refractivity contribution in [1.29, 1.82) is 0 Å². The zero-order valence-electron chi connectivity index (χ0n) is 17.6. The van der Waals surface area contributed by atoms with Gasteiger partial charge in [-0.2, -0.15) is 0 Å². The first-order valence-electron chi connectivity index (χ1n) is 10.8. The van der Waals surface area contributed by atoms with Crippen LogP contribution in [-0.2, 0) is 11.2 Å². The predicted molar refractivity (Wildman–Crippen MR) is 110 cm³/mol. The smallest absolute Gasteiger partial charge is 0.248 e. The summed E-state index contributed by atoms with van der Waals surface area (Å²) in [6.45, 7) is 9.59. The van der Waals surface area contributed by atoms with Crippen LogP contribution in [0.25, 0.3) is 0 Å². The molecule has 2 aliphatic rings. The zero-order valence-corrected chi connectivity index (χ0v) is 17.6. The Labute approximate surface area is 176 Å². The summed E-state index contributed by atoms with van der Waals surface area (Å²) in [5, 5.41) is 11.7. The summed E-state index contributed by atoms with van der Waals surface area (Å²) in [6, 6.07) is 5.74. The van der Waals surface area contributed by atoms with Crippen LogP contribution in [0.3, 0.4) is 0 Å². The molecule has 1 unspecified atom stereocenters. The second kappa shape index (κ2) is 9.61. The lowest BCUT2D eigenvalue weighted by Crippen LogP contribution is -2.52. The summed E-state index contributed by atoms with van der Waals surface area (Å²) in [4.78, 5) is 20.3. The van der Waals surface area contributed by atoms with E-state index < -0.39 is 6.04 Å². The molecule has 30 heavy (non-hydrogen) atoms. The molecule has 0 bridgehead atoms. The molecule has 8 nitrogen and oxygen atoms in total. The van der Waals surface area contributed by atoms with Gasteiger partial charge in [-0.15, -0.1) is 5.10 Å². The van der Waals surface area contributed by atoms with Crippen LogP contribution < -0.4 is 0 Å². The van der Waals surface area contributed by atoms with Gasteiger partial charge in [0.15, 0.2) is 0 Å². The Morgan fingerprint density at radius 3 is 2.23 bits per heavy atom. The number of likely N-dealkylation sites (tertiary alicyclic amines) is 1. The van der Waals surface area contributed by atoms with Crippen LogP contribution >= 0.6 is 0 Å². The fraction of sp³-hybridized carbons (Fsp3) is 0.619. The van der Waals surface area contributed by atoms with E-state index in [0.29, 0.717) is 25.3 Å². The summed E-state index contributed by atoms with van der Waals surface area (Å²) in [5.41, 5.74) is 0.883. The number of piperazine rings is 1. The Bertz CT molecular complexity index is 826. The summed E-state index contributed by atoms with van der Waals surface area (Å²) in [5.74, 6) is 0.332. The molecule has 1 atom stereocenters. The average Bonchev–Trinajstić information content (AvgIpc) is 3.43. The molecular formula is C21H30FN7O. The first kappa shape index (κ1) is 20.9. The highest BCUT2D eigenvalue weighted by Crippen LogP contribution is 2.19. The lowest BCUT2D eigenvalue weighted by Gasteiger charge is -2.37. The molecule has 0 radical (unpaired) electrons. The summed E-state index contributed by atoms with van der Waals surface area (Å²) in [6.07, 6.45) is 3.06. The Balaban J connectivity index is 1.38. The number of halogens is 1. The Kier molecular flexibility index (Phi) is 6.69. The number of carbonyl (C=O) groups excluding carboxylic acids is 1. The maximum atomic E-state index is 13.4. The predicted octanol–water partition coefficient (Wildman–Crippen LogP) is 1.14. The molecule has 2 fully saturated rings. The molecule has 0 aliphatic carbocycles. The third-order valence-corrected chi connectivity index (χ3v) is 6.20. The Morgan fingerprint density at radius 1 is 1.00 bits per heavy atom. The quantitative estimate of drug-likeness (QED) is 0.676. The van der Waals surface area contributed by atoms with Gasteiger partial charge in [-0.1, -0.05) is 12.1 Å². The number of nitrogens with zero attached hydrogens (tertiary/aromatic N) is 7. The molecule has 0 saturated carbocycles. The van der Waals surface area contributed by atoms with Crippen molar-refractivity contribution >= 4 is 5.91 Å². The minimum absolute atomic E-state index is 0.0221. The van der Waals surface area contributed by atoms with Crippen molar-refractivity contribution in [3.63, 3.8) is 0 Å². The SMILES string of the molecule is Cc1nnnn1C(Cc1ccc(F)cc1)C(=O)N1CCN(CCN2CCCC2)CC1. The second-order valence-corrected chi connectivity index (χ2v) is 8.23. The van der Waals surface area contributed by atoms with Gasteiger partial charge in [-0.3, -0.25) is 9.69 Å². The third kappa shape index (κ3) is 5.02. The van der Waals surface area contributed by atoms with Crippen molar-refractivity contribution in [3.05, 3.63) is 41.5 Å². The Hall–Kier alpha value is -2.39. The van der Waals surface area contributed by atoms with Crippen LogP contribution in [0.5, 0.6) is 0 Å². The molecule has 0 N–H and O–H groups in total. The molecule has 1 amide bonds. The van der Waals surface area contributed by atoms with E-state index in [1.165, 1.54) is 38.1 Å². The van der Waals surface area contributed by atoms with E-state index in [9.17, 15) is 9.18 Å². The van der Waals surface area contributed by atoms with Crippen molar-refractivity contribution in [2.24, 2.45) is 0 Å². The van der Waals surface area contributed by atoms with E-state index in [4.69, 9.17) is 0 Å². The standard InChI is InChI=1S/C21H30FN7O/c1-17-23-24-25-29(17)20(16-18-4-6-19(22)7-5-18)21(30)28-14-12-27(13-15-28)11-10-26-8-2-3-9-26/h4-7,20H,2-3,8-16H2,1H3. The minimum atomic E-state index is -0.526. The van der Waals surface area contributed by atoms with E-state index in [2.05, 4.69) is 25.3 Å². The van der Waals surface area contributed by atoms with Gasteiger partial charge in [0, 0.05) is 45.7 Å². The molecule has 9 heteroatoms. The van der Waals surface area contributed by atoms with Crippen LogP contribution in [0, 0.1) is 12.7 Å². The number of rotatable bonds is 7. The number of tetrazole rings is 1. The van der Waals surface area contributed by atoms with Gasteiger partial charge in [0.1, 0.15) is 17.7 Å². The fourth-order valence-corrected chi connectivity index (χ4v) is 4.34. The van der Waals surface area contributed by atoms with Crippen LogP contribution in [0.4, 0.5) is 4.39 Å². The Morgan fingerprint density at radius 2 is 1.63 bits per heavy atom. The monoisotopic (exact) mass is 415 g/mol. The highest BCUT2D eigenvalue weighted by Gasteiger charge is 2.31. The van der Waals surface area contributed by atoms with Gasteiger partial charge in [0.2, 0.25) is 5.91 Å². The molecule has 0 spiro atoms. The lowest BCUT2D eigenvalue weighted by molar-refractivity contribution is -0.137. The number of benzene rings is 1. The maximum absolute atomic E-state index is 13.4. The lowest BCUT2D eigenvalue weighted by atomic mass is 10.0. The van der Waals surface area contributed by atoms with Gasteiger partial charge in [0.05, 0.1) is 0 Å². The number of aryl methyl sites for hydroxylation is 1. The normalized spacial score (nSPS) is 19.3. The highest BCUT2D eigenvalue weighted by molar-refractivity contribution is 5.81. The minimum Gasteiger partial charge on any atom is -0.338 e. The van der Waals surface area contributed by atoms with Gasteiger partial charge in [-0.25, -0.2) is 9.07 Å². The van der Waals surface area contributed by atoms with E-state index in [0.717, 1.165) is 31.7 Å². The van der Waals surface area contributed by atoms with Crippen LogP contribution in [0.1, 0.15) is 30.3 Å². The fourth-order valence-electron chi connectivity index (χ4n) is 4.34. The molecule has 3 heterocycles. The van der Waals surface area contributed by atoms with Crippen LogP contribution in [-0.4, -0.2) is 93.2 Å². The maximum Gasteiger partial charge on any atom is 0.248 e. The van der Waals surface area contributed by atoms with Gasteiger partial charge < -0.3 is 9.80 Å². The van der Waals surface area contributed by atoms with Crippen molar-refractivity contribution in [2.45, 2.75) is 32.2 Å². The molecule has 1 aromatic heterocycles. The number of aromatic nitrogens is 4. The number of amides is 1. The van der Waals surface area contributed by atoms with Crippen molar-refractivity contribution < 1.29 is 9.18 Å². The second-order valence-electron chi connectivity index (χ2n) is 8.23. The highest BCUT2D eigenvalue weighted by atomic mass is 19.1. The van der Waals surface area contributed by atoms with Crippen molar-refractivity contribution in [2.75, 3.05) is 52.4 Å². The largest absolute Gasteiger partial charge is 0.338 e. The summed E-state index contributed by atoms with van der Waals surface area (Å²) in [7, 11) is 0. The molecule has 2 aromatic rings. The number of hydrogen-bond donors (Lipinski definition) is 0. The molecule has 2 aliphatic heterocycles. The molecule has 162 valence electrons. The molecule has 1 aromatic carbocycles. The van der Waals surface area contributed by atoms with E-state index in [1.54, 1.807) is 23.7 Å². The van der Waals surface area contributed by atoms with Crippen LogP contribution in [0.2, 0.25) is 0 Å². The summed E-state index contributed by atoms with van der Waals surface area (Å²) < 4.78 is 14.9. The number of hydrogen-bond acceptors (Lipinski definition) is 6. The zero-order chi connectivity index (χ0) is 20.9. The number of carbonyl (C=O) groups is 1. The first-order chi connectivity index (χ1) is 14.6. The third-order valence-electron chi connectivity index (χ3n) is 6.20. The van der Waals surface area contributed by atoms with Gasteiger partial charge in [-0.05, 0) is 61.0 Å². The molecule has 4 rings (SSSR count). The van der Waals surface area contributed by atoms with Crippen molar-refractivity contribution in [3.8, 4) is 0 Å². The van der Waals surface area contributed by atoms with E-state index in [-0.39, 0.29) is 11.7 Å². The van der Waals surface area contributed by atoms with E-state index >= 15 is 0 Å². The first-order valence-corrected chi connectivity index (χ1v) is 10.8. The topological polar surface area (TPSA) is 70.4 Å². The molecular weight excluding hydrogens is 385 g/mol. The average molecular weight is 416 g/mol.